The lowest BCUT2D eigenvalue weighted by Crippen LogP contribution is -2.30. The van der Waals surface area contributed by atoms with Gasteiger partial charge in [-0.15, -0.1) is 0 Å². The molecule has 1 aromatic heterocycles. The smallest absolute Gasteiger partial charge is 0.211 e. The summed E-state index contributed by atoms with van der Waals surface area (Å²) >= 11 is 1.29. The van der Waals surface area contributed by atoms with E-state index >= 15 is 0 Å². The van der Waals surface area contributed by atoms with Crippen LogP contribution in [0.1, 0.15) is 33.5 Å². The van der Waals surface area contributed by atoms with Crippen LogP contribution in [0.25, 0.3) is 0 Å². The predicted octanol–water partition coefficient (Wildman–Crippen LogP) is 1.19. The highest BCUT2D eigenvalue weighted by Gasteiger charge is 2.19. The Kier molecular flexibility index (Phi) is 5.06. The van der Waals surface area contributed by atoms with Gasteiger partial charge in [0.05, 0.1) is 5.75 Å². The van der Waals surface area contributed by atoms with Gasteiger partial charge < -0.3 is 5.32 Å². The van der Waals surface area contributed by atoms with Gasteiger partial charge in [-0.1, -0.05) is 20.8 Å². The van der Waals surface area contributed by atoms with Gasteiger partial charge in [0.25, 0.3) is 0 Å². The zero-order valence-electron chi connectivity index (χ0n) is 11.1. The molecule has 0 amide bonds. The molecular weight excluding hydrogens is 272 g/mol. The maximum Gasteiger partial charge on any atom is 0.211 e. The van der Waals surface area contributed by atoms with Crippen molar-refractivity contribution in [1.29, 1.82) is 0 Å². The first-order valence-electron chi connectivity index (χ1n) is 5.80. The van der Waals surface area contributed by atoms with E-state index in [9.17, 15) is 8.42 Å². The maximum absolute atomic E-state index is 11.2. The predicted molar refractivity (Wildman–Crippen MR) is 74.6 cm³/mol. The minimum Gasteiger partial charge on any atom is -0.359 e. The minimum atomic E-state index is -3.11. The van der Waals surface area contributed by atoms with E-state index in [-0.39, 0.29) is 11.2 Å². The Bertz CT molecular complexity index is 476. The summed E-state index contributed by atoms with van der Waals surface area (Å²) in [5.74, 6) is 0.893. The molecule has 0 atom stereocenters. The molecule has 0 aromatic carbocycles. The fourth-order valence-corrected chi connectivity index (χ4v) is 2.48. The van der Waals surface area contributed by atoms with Gasteiger partial charge in [0.2, 0.25) is 15.2 Å². The monoisotopic (exact) mass is 292 g/mol. The molecule has 0 saturated heterocycles. The number of nitrogens with zero attached hydrogens (tertiary/aromatic N) is 2. The molecule has 1 heterocycles. The van der Waals surface area contributed by atoms with E-state index in [1.165, 1.54) is 11.5 Å². The van der Waals surface area contributed by atoms with E-state index < -0.39 is 10.0 Å². The SMILES string of the molecule is CCS(=O)(=O)NCCNc1nc(C(C)(C)C)ns1. The van der Waals surface area contributed by atoms with Gasteiger partial charge in [0.1, 0.15) is 5.82 Å². The molecule has 0 radical (unpaired) electrons. The third-order valence-corrected chi connectivity index (χ3v) is 4.28. The topological polar surface area (TPSA) is 84.0 Å². The standard InChI is InChI=1S/C10H20N4O2S2/c1-5-18(15,16)12-7-6-11-9-13-8(14-17-9)10(2,3)4/h12H,5-7H2,1-4H3,(H,11,13,14). The van der Waals surface area contributed by atoms with Gasteiger partial charge in [0, 0.05) is 30.0 Å². The molecule has 0 fully saturated rings. The normalized spacial score (nSPS) is 12.7. The molecule has 0 saturated carbocycles. The Balaban J connectivity index is 2.39. The lowest BCUT2D eigenvalue weighted by Gasteiger charge is -2.12. The summed E-state index contributed by atoms with van der Waals surface area (Å²) in [5, 5.41) is 3.77. The van der Waals surface area contributed by atoms with Crippen LogP contribution in [-0.4, -0.2) is 36.6 Å². The highest BCUT2D eigenvalue weighted by Crippen LogP contribution is 2.22. The molecule has 8 heteroatoms. The number of aromatic nitrogens is 2. The first-order chi connectivity index (χ1) is 8.24. The van der Waals surface area contributed by atoms with Gasteiger partial charge in [0.15, 0.2) is 0 Å². The van der Waals surface area contributed by atoms with Crippen molar-refractivity contribution in [1.82, 2.24) is 14.1 Å². The van der Waals surface area contributed by atoms with E-state index in [4.69, 9.17) is 0 Å². The van der Waals surface area contributed by atoms with Crippen molar-refractivity contribution in [2.24, 2.45) is 0 Å². The summed E-state index contributed by atoms with van der Waals surface area (Å²) in [5.41, 5.74) is -0.0692. The lowest BCUT2D eigenvalue weighted by atomic mass is 9.96. The maximum atomic E-state index is 11.2. The average molecular weight is 292 g/mol. The second kappa shape index (κ2) is 5.94. The number of hydrogen-bond donors (Lipinski definition) is 2. The first kappa shape index (κ1) is 15.3. The van der Waals surface area contributed by atoms with Gasteiger partial charge in [-0.05, 0) is 6.92 Å². The molecule has 0 aliphatic carbocycles. The van der Waals surface area contributed by atoms with E-state index in [1.54, 1.807) is 6.92 Å². The van der Waals surface area contributed by atoms with Crippen LogP contribution in [0.5, 0.6) is 0 Å². The van der Waals surface area contributed by atoms with Crippen molar-refractivity contribution in [2.75, 3.05) is 24.2 Å². The summed E-state index contributed by atoms with van der Waals surface area (Å²) in [6.07, 6.45) is 0. The Morgan fingerprint density at radius 1 is 1.28 bits per heavy atom. The van der Waals surface area contributed by atoms with E-state index in [2.05, 4.69) is 19.4 Å². The lowest BCUT2D eigenvalue weighted by molar-refractivity contribution is 0.555. The molecule has 0 aliphatic heterocycles. The molecule has 0 bridgehead atoms. The zero-order chi connectivity index (χ0) is 13.8. The van der Waals surface area contributed by atoms with Crippen LogP contribution < -0.4 is 10.0 Å². The highest BCUT2D eigenvalue weighted by molar-refractivity contribution is 7.89. The number of nitrogens with one attached hydrogen (secondary N) is 2. The van der Waals surface area contributed by atoms with Crippen LogP contribution in [0.2, 0.25) is 0 Å². The molecule has 1 rings (SSSR count). The molecule has 104 valence electrons. The van der Waals surface area contributed by atoms with Crippen molar-refractivity contribution in [2.45, 2.75) is 33.1 Å². The molecule has 2 N–H and O–H groups in total. The van der Waals surface area contributed by atoms with Crippen molar-refractivity contribution >= 4 is 26.7 Å². The summed E-state index contributed by atoms with van der Waals surface area (Å²) in [6.45, 7) is 8.60. The number of sulfonamides is 1. The minimum absolute atomic E-state index is 0.0692. The highest BCUT2D eigenvalue weighted by atomic mass is 32.2. The average Bonchev–Trinajstić information content (AvgIpc) is 2.73. The third kappa shape index (κ3) is 4.87. The number of rotatable bonds is 6. The van der Waals surface area contributed by atoms with Crippen LogP contribution in [0.3, 0.4) is 0 Å². The summed E-state index contributed by atoms with van der Waals surface area (Å²) in [4.78, 5) is 4.35. The molecule has 0 aliphatic rings. The van der Waals surface area contributed by atoms with Crippen LogP contribution in [0.15, 0.2) is 0 Å². The van der Waals surface area contributed by atoms with Crippen molar-refractivity contribution in [3.8, 4) is 0 Å². The molecule has 6 nitrogen and oxygen atoms in total. The van der Waals surface area contributed by atoms with Crippen molar-refractivity contribution in [3.63, 3.8) is 0 Å². The van der Waals surface area contributed by atoms with Crippen LogP contribution >= 0.6 is 11.5 Å². The Hall–Kier alpha value is -0.730. The Morgan fingerprint density at radius 3 is 2.44 bits per heavy atom. The Labute approximate surface area is 112 Å². The molecule has 0 unspecified atom stereocenters. The number of anilines is 1. The summed E-state index contributed by atoms with van der Waals surface area (Å²) in [6, 6.07) is 0. The van der Waals surface area contributed by atoms with Crippen molar-refractivity contribution < 1.29 is 8.42 Å². The Morgan fingerprint density at radius 2 is 1.94 bits per heavy atom. The quantitative estimate of drug-likeness (QED) is 0.769. The van der Waals surface area contributed by atoms with Gasteiger partial charge >= 0.3 is 0 Å². The molecule has 18 heavy (non-hydrogen) atoms. The molecular formula is C10H20N4O2S2. The van der Waals surface area contributed by atoms with Gasteiger partial charge in [-0.2, -0.15) is 4.37 Å². The molecule has 1 aromatic rings. The second-order valence-electron chi connectivity index (χ2n) is 4.90. The first-order valence-corrected chi connectivity index (χ1v) is 8.22. The summed E-state index contributed by atoms with van der Waals surface area (Å²) in [7, 11) is -3.11. The summed E-state index contributed by atoms with van der Waals surface area (Å²) < 4.78 is 29.1. The van der Waals surface area contributed by atoms with Gasteiger partial charge in [-0.3, -0.25) is 0 Å². The second-order valence-corrected chi connectivity index (χ2v) is 7.75. The fourth-order valence-electron chi connectivity index (χ4n) is 1.08. The van der Waals surface area contributed by atoms with Crippen molar-refractivity contribution in [3.05, 3.63) is 5.82 Å². The third-order valence-electron chi connectivity index (χ3n) is 2.20. The molecule has 0 spiro atoms. The van der Waals surface area contributed by atoms with E-state index in [0.717, 1.165) is 11.0 Å². The van der Waals surface area contributed by atoms with Crippen LogP contribution in [0, 0.1) is 0 Å². The van der Waals surface area contributed by atoms with E-state index in [0.29, 0.717) is 13.1 Å². The zero-order valence-corrected chi connectivity index (χ0v) is 12.8. The van der Waals surface area contributed by atoms with Crippen LogP contribution in [0.4, 0.5) is 5.13 Å². The van der Waals surface area contributed by atoms with Gasteiger partial charge in [-0.25, -0.2) is 18.1 Å². The van der Waals surface area contributed by atoms with E-state index in [1.807, 2.05) is 20.8 Å². The number of hydrogen-bond acceptors (Lipinski definition) is 6. The largest absolute Gasteiger partial charge is 0.359 e. The fraction of sp³-hybridized carbons (Fsp3) is 0.800. The van der Waals surface area contributed by atoms with Crippen LogP contribution in [-0.2, 0) is 15.4 Å².